The molecule has 0 fully saturated rings. The van der Waals surface area contributed by atoms with Crippen LogP contribution in [0.5, 0.6) is 11.5 Å². The third-order valence-corrected chi connectivity index (χ3v) is 5.05. The fourth-order valence-electron chi connectivity index (χ4n) is 3.29. The van der Waals surface area contributed by atoms with Crippen molar-refractivity contribution in [2.75, 3.05) is 17.7 Å². The van der Waals surface area contributed by atoms with Gasteiger partial charge in [0.2, 0.25) is 5.91 Å². The number of carbonyl (C=O) groups excluding carboxylic acids is 3. The number of ether oxygens (including phenoxy) is 2. The normalized spacial score (nSPS) is 14.3. The highest BCUT2D eigenvalue weighted by atomic mass is 16.6. The lowest BCUT2D eigenvalue weighted by molar-refractivity contribution is -0.128. The standard InChI is InChI=1S/C25H23N3O6/c1-32-19-10-8-18(9-11-19)26-23(29)14-22-25(31)27-20-12-7-17(13-21(20)34-22)24(30)28-33-15-16-5-3-2-4-6-16/h2-13,22H,14-15H2,1H3,(H,26,29)(H,27,31)(H,28,30). The molecule has 4 rings (SSSR count). The van der Waals surface area contributed by atoms with Crippen LogP contribution < -0.4 is 25.6 Å². The summed E-state index contributed by atoms with van der Waals surface area (Å²) in [5, 5.41) is 5.42. The Morgan fingerprint density at radius 3 is 2.53 bits per heavy atom. The maximum Gasteiger partial charge on any atom is 0.274 e. The Bertz CT molecular complexity index is 1180. The van der Waals surface area contributed by atoms with Crippen molar-refractivity contribution in [2.24, 2.45) is 0 Å². The van der Waals surface area contributed by atoms with Crippen LogP contribution in [0.3, 0.4) is 0 Å². The predicted octanol–water partition coefficient (Wildman–Crippen LogP) is 3.29. The number of anilines is 2. The molecule has 0 aliphatic carbocycles. The van der Waals surface area contributed by atoms with E-state index in [1.54, 1.807) is 43.5 Å². The van der Waals surface area contributed by atoms with Crippen LogP contribution in [0.4, 0.5) is 11.4 Å². The van der Waals surface area contributed by atoms with Crippen LogP contribution in [0, 0.1) is 0 Å². The minimum atomic E-state index is -1.04. The third-order valence-electron chi connectivity index (χ3n) is 5.05. The number of hydroxylamine groups is 1. The van der Waals surface area contributed by atoms with Gasteiger partial charge in [-0.3, -0.25) is 19.2 Å². The molecule has 1 aliphatic rings. The second-order valence-electron chi connectivity index (χ2n) is 7.49. The van der Waals surface area contributed by atoms with Gasteiger partial charge in [-0.25, -0.2) is 5.48 Å². The molecule has 174 valence electrons. The average molecular weight is 461 g/mol. The lowest BCUT2D eigenvalue weighted by Crippen LogP contribution is -2.39. The van der Waals surface area contributed by atoms with Crippen molar-refractivity contribution in [1.82, 2.24) is 5.48 Å². The molecule has 3 aromatic carbocycles. The molecular formula is C25H23N3O6. The largest absolute Gasteiger partial charge is 0.497 e. The Morgan fingerprint density at radius 2 is 1.79 bits per heavy atom. The number of rotatable bonds is 8. The Kier molecular flexibility index (Phi) is 7.04. The van der Waals surface area contributed by atoms with Gasteiger partial charge in [0.25, 0.3) is 11.8 Å². The number of carbonyl (C=O) groups is 3. The first-order valence-electron chi connectivity index (χ1n) is 10.5. The Balaban J connectivity index is 1.34. The number of nitrogens with one attached hydrogen (secondary N) is 3. The van der Waals surface area contributed by atoms with Crippen LogP contribution in [0.2, 0.25) is 0 Å². The molecule has 3 amide bonds. The second kappa shape index (κ2) is 10.5. The van der Waals surface area contributed by atoms with E-state index in [2.05, 4.69) is 16.1 Å². The van der Waals surface area contributed by atoms with Crippen molar-refractivity contribution in [2.45, 2.75) is 19.1 Å². The summed E-state index contributed by atoms with van der Waals surface area (Å²) in [4.78, 5) is 42.5. The van der Waals surface area contributed by atoms with Gasteiger partial charge < -0.3 is 20.1 Å². The molecule has 34 heavy (non-hydrogen) atoms. The second-order valence-corrected chi connectivity index (χ2v) is 7.49. The van der Waals surface area contributed by atoms with Crippen molar-refractivity contribution in [3.63, 3.8) is 0 Å². The number of hydrogen-bond acceptors (Lipinski definition) is 6. The highest BCUT2D eigenvalue weighted by molar-refractivity contribution is 6.03. The van der Waals surface area contributed by atoms with Crippen LogP contribution in [0.1, 0.15) is 22.3 Å². The van der Waals surface area contributed by atoms with Gasteiger partial charge >= 0.3 is 0 Å². The number of benzene rings is 3. The average Bonchev–Trinajstić information content (AvgIpc) is 2.85. The van der Waals surface area contributed by atoms with E-state index < -0.39 is 23.8 Å². The van der Waals surface area contributed by atoms with Gasteiger partial charge in [0, 0.05) is 11.3 Å². The SMILES string of the molecule is COc1ccc(NC(=O)CC2Oc3cc(C(=O)NOCc4ccccc4)ccc3NC2=O)cc1. The number of amides is 3. The molecule has 9 nitrogen and oxygen atoms in total. The molecule has 0 saturated heterocycles. The topological polar surface area (TPSA) is 115 Å². The van der Waals surface area contributed by atoms with E-state index in [1.165, 1.54) is 6.07 Å². The summed E-state index contributed by atoms with van der Waals surface area (Å²) in [6.07, 6.45) is -1.24. The minimum absolute atomic E-state index is 0.200. The summed E-state index contributed by atoms with van der Waals surface area (Å²) in [6, 6.07) is 20.8. The first-order chi connectivity index (χ1) is 16.5. The van der Waals surface area contributed by atoms with Crippen molar-refractivity contribution in [3.05, 3.63) is 83.9 Å². The molecule has 3 aromatic rings. The molecule has 9 heteroatoms. The van der Waals surface area contributed by atoms with Gasteiger partial charge in [-0.05, 0) is 48.0 Å². The molecule has 0 aromatic heterocycles. The summed E-state index contributed by atoms with van der Waals surface area (Å²) in [6.45, 7) is 0.218. The maximum absolute atomic E-state index is 12.4. The quantitative estimate of drug-likeness (QED) is 0.444. The molecular weight excluding hydrogens is 438 g/mol. The zero-order chi connectivity index (χ0) is 23.9. The van der Waals surface area contributed by atoms with E-state index in [4.69, 9.17) is 14.3 Å². The van der Waals surface area contributed by atoms with E-state index in [1.807, 2.05) is 30.3 Å². The number of fused-ring (bicyclic) bond motifs is 1. The van der Waals surface area contributed by atoms with Crippen molar-refractivity contribution in [3.8, 4) is 11.5 Å². The third kappa shape index (κ3) is 5.70. The first kappa shape index (κ1) is 22.8. The molecule has 0 radical (unpaired) electrons. The highest BCUT2D eigenvalue weighted by Gasteiger charge is 2.30. The van der Waals surface area contributed by atoms with Crippen molar-refractivity contribution < 1.29 is 28.7 Å². The Labute approximate surface area is 196 Å². The lowest BCUT2D eigenvalue weighted by atomic mass is 10.1. The van der Waals surface area contributed by atoms with Gasteiger partial charge in [-0.15, -0.1) is 0 Å². The lowest BCUT2D eigenvalue weighted by Gasteiger charge is -2.26. The van der Waals surface area contributed by atoms with Crippen LogP contribution in [0.25, 0.3) is 0 Å². The minimum Gasteiger partial charge on any atom is -0.497 e. The summed E-state index contributed by atoms with van der Waals surface area (Å²) >= 11 is 0. The monoisotopic (exact) mass is 461 g/mol. The molecule has 1 heterocycles. The molecule has 0 saturated carbocycles. The fourth-order valence-corrected chi connectivity index (χ4v) is 3.29. The van der Waals surface area contributed by atoms with E-state index in [0.29, 0.717) is 17.1 Å². The van der Waals surface area contributed by atoms with Crippen LogP contribution in [-0.4, -0.2) is 30.9 Å². The zero-order valence-electron chi connectivity index (χ0n) is 18.4. The van der Waals surface area contributed by atoms with Gasteiger partial charge in [0.05, 0.1) is 25.8 Å². The van der Waals surface area contributed by atoms with Crippen LogP contribution in [0.15, 0.2) is 72.8 Å². The first-order valence-corrected chi connectivity index (χ1v) is 10.5. The van der Waals surface area contributed by atoms with Crippen molar-refractivity contribution >= 4 is 29.1 Å². The van der Waals surface area contributed by atoms with Crippen LogP contribution in [-0.2, 0) is 21.0 Å². The van der Waals surface area contributed by atoms with E-state index in [-0.39, 0.29) is 24.3 Å². The van der Waals surface area contributed by atoms with E-state index in [0.717, 1.165) is 5.56 Å². The number of hydrogen-bond donors (Lipinski definition) is 3. The molecule has 0 bridgehead atoms. The molecule has 1 atom stereocenters. The van der Waals surface area contributed by atoms with Gasteiger partial charge in [0.15, 0.2) is 6.10 Å². The summed E-state index contributed by atoms with van der Waals surface area (Å²) in [7, 11) is 1.55. The highest BCUT2D eigenvalue weighted by Crippen LogP contribution is 2.31. The Morgan fingerprint density at radius 1 is 1.03 bits per heavy atom. The van der Waals surface area contributed by atoms with Crippen molar-refractivity contribution in [1.29, 1.82) is 0 Å². The molecule has 3 N–H and O–H groups in total. The van der Waals surface area contributed by atoms with Gasteiger partial charge in [-0.1, -0.05) is 30.3 Å². The molecule has 1 aliphatic heterocycles. The molecule has 0 spiro atoms. The van der Waals surface area contributed by atoms with Gasteiger partial charge in [0.1, 0.15) is 11.5 Å². The smallest absolute Gasteiger partial charge is 0.274 e. The van der Waals surface area contributed by atoms with Crippen LogP contribution >= 0.6 is 0 Å². The zero-order valence-corrected chi connectivity index (χ0v) is 18.4. The predicted molar refractivity (Wildman–Crippen MR) is 124 cm³/mol. The molecule has 1 unspecified atom stereocenters. The van der Waals surface area contributed by atoms with E-state index >= 15 is 0 Å². The summed E-state index contributed by atoms with van der Waals surface area (Å²) < 4.78 is 10.8. The van der Waals surface area contributed by atoms with E-state index in [9.17, 15) is 14.4 Å². The fraction of sp³-hybridized carbons (Fsp3) is 0.160. The summed E-state index contributed by atoms with van der Waals surface area (Å²) in [5.74, 6) is -0.349. The number of methoxy groups -OCH3 is 1. The summed E-state index contributed by atoms with van der Waals surface area (Å²) in [5.41, 5.74) is 4.56. The van der Waals surface area contributed by atoms with Gasteiger partial charge in [-0.2, -0.15) is 0 Å². The Hall–Kier alpha value is -4.37. The maximum atomic E-state index is 12.4.